The van der Waals surface area contributed by atoms with Crippen LogP contribution in [0, 0.1) is 0 Å². The van der Waals surface area contributed by atoms with Crippen LogP contribution >= 0.6 is 12.4 Å². The minimum absolute atomic E-state index is 0. The molecule has 0 aliphatic carbocycles. The van der Waals surface area contributed by atoms with Gasteiger partial charge in [-0.05, 0) is 13.8 Å². The van der Waals surface area contributed by atoms with Crippen LogP contribution in [-0.2, 0) is 20.0 Å². The first-order chi connectivity index (χ1) is 14.2. The Balaban J connectivity index is -0.000000360. The molecule has 33 heavy (non-hydrogen) atoms. The minimum atomic E-state index is -5.34. The van der Waals surface area contributed by atoms with Crippen LogP contribution in [0.4, 0.5) is 26.3 Å². The minimum Gasteiger partial charge on any atom is -0.362 e. The van der Waals surface area contributed by atoms with E-state index < -0.39 is 31.1 Å². The molecule has 0 amide bonds. The van der Waals surface area contributed by atoms with Crippen molar-refractivity contribution >= 4 is 32.5 Å². The highest BCUT2D eigenvalue weighted by Crippen LogP contribution is 2.19. The third kappa shape index (κ3) is 16.6. The van der Waals surface area contributed by atoms with Crippen LogP contribution in [0.15, 0.2) is 24.8 Å². The normalized spacial score (nSPS) is 15.6. The van der Waals surface area contributed by atoms with Crippen molar-refractivity contribution in [3.05, 3.63) is 24.8 Å². The highest BCUT2D eigenvalue weighted by Gasteiger charge is 2.43. The van der Waals surface area contributed by atoms with Gasteiger partial charge in [-0.2, -0.15) is 26.3 Å². The summed E-state index contributed by atoms with van der Waals surface area (Å²) in [4.78, 5) is 8.81. The summed E-state index contributed by atoms with van der Waals surface area (Å²) in [6.07, 6.45) is 8.40. The third-order valence-electron chi connectivity index (χ3n) is 3.33. The molecule has 0 saturated carbocycles. The zero-order chi connectivity index (χ0) is 26.0. The average Bonchev–Trinajstić information content (AvgIpc) is 3.21. The molecule has 0 unspecified atom stereocenters. The van der Waals surface area contributed by atoms with E-state index in [4.69, 9.17) is 0 Å². The predicted molar refractivity (Wildman–Crippen MR) is 114 cm³/mol. The van der Waals surface area contributed by atoms with Crippen LogP contribution < -0.4 is 10.3 Å². The smallest absolute Gasteiger partial charge is 0.362 e. The van der Waals surface area contributed by atoms with Gasteiger partial charge in [-0.3, -0.25) is 0 Å². The van der Waals surface area contributed by atoms with Crippen LogP contribution in [0.2, 0.25) is 0 Å². The highest BCUT2D eigenvalue weighted by molar-refractivity contribution is 7.90. The highest BCUT2D eigenvalue weighted by atomic mass is 35.5. The SMILES string of the molecule is CCN1C=CN(C)C1.CCN1C=CN(C)C1.Cl.NS(=O)(=O)C(F)(F)F.NS(=O)(=O)C(F)(F)F. The molecule has 2 aliphatic heterocycles. The van der Waals surface area contributed by atoms with Crippen LogP contribution in [0.3, 0.4) is 0 Å². The first-order valence-corrected chi connectivity index (χ1v) is 11.7. The number of alkyl halides is 6. The van der Waals surface area contributed by atoms with Gasteiger partial charge in [0.2, 0.25) is 0 Å². The number of sulfonamides is 2. The summed E-state index contributed by atoms with van der Waals surface area (Å²) in [6.45, 7) is 8.64. The molecule has 200 valence electrons. The maximum Gasteiger partial charge on any atom is 0.511 e. The van der Waals surface area contributed by atoms with Crippen molar-refractivity contribution in [3.63, 3.8) is 0 Å². The van der Waals surface area contributed by atoms with Gasteiger partial charge in [0.05, 0.1) is 13.3 Å². The van der Waals surface area contributed by atoms with Gasteiger partial charge in [-0.1, -0.05) is 0 Å². The number of hydrogen-bond donors (Lipinski definition) is 2. The van der Waals surface area contributed by atoms with E-state index in [1.54, 1.807) is 0 Å². The molecule has 0 aromatic carbocycles. The van der Waals surface area contributed by atoms with Crippen LogP contribution in [0.1, 0.15) is 13.8 Å². The van der Waals surface area contributed by atoms with Gasteiger partial charge in [-0.25, -0.2) is 27.1 Å². The second-order valence-electron chi connectivity index (χ2n) is 6.18. The van der Waals surface area contributed by atoms with E-state index in [0.717, 1.165) is 26.4 Å². The molecule has 0 atom stereocenters. The predicted octanol–water partition coefficient (Wildman–Crippen LogP) is 1.38. The lowest BCUT2D eigenvalue weighted by Crippen LogP contribution is -2.30. The molecule has 0 spiro atoms. The largest absolute Gasteiger partial charge is 0.511 e. The molecular weight excluding hydrogens is 530 g/mol. The van der Waals surface area contributed by atoms with E-state index in [0.29, 0.717) is 0 Å². The van der Waals surface area contributed by atoms with E-state index in [9.17, 15) is 43.2 Å². The molecule has 0 aromatic rings. The third-order valence-corrected chi connectivity index (χ3v) is 4.62. The van der Waals surface area contributed by atoms with E-state index in [1.165, 1.54) is 0 Å². The maximum absolute atomic E-state index is 10.8. The van der Waals surface area contributed by atoms with Crippen molar-refractivity contribution in [1.82, 2.24) is 19.6 Å². The van der Waals surface area contributed by atoms with Gasteiger partial charge < -0.3 is 19.6 Å². The topological polar surface area (TPSA) is 133 Å². The number of hydrogen-bond acceptors (Lipinski definition) is 8. The van der Waals surface area contributed by atoms with E-state index in [1.807, 2.05) is 0 Å². The van der Waals surface area contributed by atoms with Gasteiger partial charge in [0.15, 0.2) is 0 Å². The summed E-state index contributed by atoms with van der Waals surface area (Å²) < 4.78 is 102. The quantitative estimate of drug-likeness (QED) is 0.486. The number of rotatable bonds is 2. The molecule has 2 rings (SSSR count). The van der Waals surface area contributed by atoms with Gasteiger partial charge in [0.1, 0.15) is 0 Å². The van der Waals surface area contributed by atoms with Crippen LogP contribution in [-0.4, -0.2) is 88.0 Å². The fourth-order valence-corrected chi connectivity index (χ4v) is 1.59. The fraction of sp³-hybridized carbons (Fsp3) is 0.714. The molecule has 0 fully saturated rings. The summed E-state index contributed by atoms with van der Waals surface area (Å²) in [5.74, 6) is 0. The molecule has 2 aliphatic rings. The Morgan fingerprint density at radius 1 is 0.697 bits per heavy atom. The van der Waals surface area contributed by atoms with E-state index >= 15 is 0 Å². The van der Waals surface area contributed by atoms with Crippen LogP contribution in [0.5, 0.6) is 0 Å². The van der Waals surface area contributed by atoms with E-state index in [2.05, 4.69) is 82.6 Å². The van der Waals surface area contributed by atoms with Gasteiger partial charge in [0, 0.05) is 52.0 Å². The molecule has 2 heterocycles. The van der Waals surface area contributed by atoms with Crippen molar-refractivity contribution in [3.8, 4) is 0 Å². The number of nitrogens with two attached hydrogens (primary N) is 2. The molecule has 0 bridgehead atoms. The van der Waals surface area contributed by atoms with Crippen molar-refractivity contribution in [2.75, 3.05) is 40.5 Å². The maximum atomic E-state index is 10.8. The molecule has 0 saturated heterocycles. The molecule has 4 N–H and O–H groups in total. The Morgan fingerprint density at radius 2 is 0.909 bits per heavy atom. The van der Waals surface area contributed by atoms with Crippen molar-refractivity contribution in [2.24, 2.45) is 10.3 Å². The van der Waals surface area contributed by atoms with Gasteiger partial charge >= 0.3 is 31.1 Å². The summed E-state index contributed by atoms with van der Waals surface area (Å²) in [7, 11) is -6.53. The van der Waals surface area contributed by atoms with Crippen molar-refractivity contribution < 1.29 is 43.2 Å². The van der Waals surface area contributed by atoms with Gasteiger partial charge in [-0.15, -0.1) is 12.4 Å². The Kier molecular flexibility index (Phi) is 15.9. The molecule has 10 nitrogen and oxygen atoms in total. The Hall–Kier alpha value is -1.63. The summed E-state index contributed by atoms with van der Waals surface area (Å²) in [5.41, 5.74) is -10.6. The molecule has 0 aromatic heterocycles. The van der Waals surface area contributed by atoms with Crippen LogP contribution in [0.25, 0.3) is 0 Å². The number of primary sulfonamides is 2. The Bertz CT molecular complexity index is 753. The average molecular weight is 559 g/mol. The van der Waals surface area contributed by atoms with Crippen molar-refractivity contribution in [1.29, 1.82) is 0 Å². The summed E-state index contributed by atoms with van der Waals surface area (Å²) >= 11 is 0. The Labute approximate surface area is 195 Å². The molecule has 19 heteroatoms. The monoisotopic (exact) mass is 558 g/mol. The first-order valence-electron chi connectivity index (χ1n) is 8.59. The number of halogens is 7. The lowest BCUT2D eigenvalue weighted by Gasteiger charge is -2.14. The molecule has 0 radical (unpaired) electrons. The first kappa shape index (κ1) is 35.9. The zero-order valence-corrected chi connectivity index (χ0v) is 20.7. The van der Waals surface area contributed by atoms with Gasteiger partial charge in [0.25, 0.3) is 0 Å². The summed E-state index contributed by atoms with van der Waals surface area (Å²) in [6, 6.07) is 0. The second kappa shape index (κ2) is 14.6. The lowest BCUT2D eigenvalue weighted by molar-refractivity contribution is -0.0441. The Morgan fingerprint density at radius 3 is 0.970 bits per heavy atom. The zero-order valence-electron chi connectivity index (χ0n) is 18.2. The van der Waals surface area contributed by atoms with Crippen molar-refractivity contribution in [2.45, 2.75) is 24.9 Å². The lowest BCUT2D eigenvalue weighted by atomic mass is 10.6. The standard InChI is InChI=1S/2C6H12N2.2CH2F3NO2S.ClH/c2*1-3-8-5-4-7(2)6-8;2*2-1(3,4)8(5,6)7;/h2*4-5H,3,6H2,1-2H3;2*(H2,5,6,7);1H. The number of nitrogens with zero attached hydrogens (tertiary/aromatic N) is 4. The summed E-state index contributed by atoms with van der Waals surface area (Å²) in [5, 5.41) is 7.32. The molecular formula is C14H29ClF6N6O4S2. The fourth-order valence-electron chi connectivity index (χ4n) is 1.59. The second-order valence-corrected chi connectivity index (χ2v) is 9.29. The van der Waals surface area contributed by atoms with E-state index in [-0.39, 0.29) is 12.4 Å².